The molecule has 3 nitrogen and oxygen atoms in total. The summed E-state index contributed by atoms with van der Waals surface area (Å²) >= 11 is 0. The monoisotopic (exact) mass is 220 g/mol. The van der Waals surface area contributed by atoms with Crippen LogP contribution in [0.1, 0.15) is 48.0 Å². The van der Waals surface area contributed by atoms with Gasteiger partial charge in [0.25, 0.3) is 10.1 Å². The zero-order chi connectivity index (χ0) is 11.4. The van der Waals surface area contributed by atoms with Crippen LogP contribution in [0, 0.1) is 5.41 Å². The van der Waals surface area contributed by atoms with Gasteiger partial charge in [-0.3, -0.25) is 4.18 Å². The van der Waals surface area contributed by atoms with E-state index in [0.717, 1.165) is 6.42 Å². The van der Waals surface area contributed by atoms with Crippen LogP contribution in [0.5, 0.6) is 0 Å². The Bertz CT molecular complexity index is 336. The summed E-state index contributed by atoms with van der Waals surface area (Å²) in [4.78, 5) is 0. The molecule has 0 amide bonds. The lowest BCUT2D eigenvalue weighted by atomic mass is 9.73. The highest BCUT2D eigenvalue weighted by molar-refractivity contribution is 7.88. The van der Waals surface area contributed by atoms with E-state index in [1.54, 1.807) is 13.8 Å². The molecular formula is C10H20O3S. The van der Waals surface area contributed by atoms with Gasteiger partial charge in [-0.15, -0.1) is 0 Å². The van der Waals surface area contributed by atoms with Gasteiger partial charge in [0.1, 0.15) is 0 Å². The Hall–Kier alpha value is -0.0900. The highest BCUT2D eigenvalue weighted by atomic mass is 32.2. The quantitative estimate of drug-likeness (QED) is 0.588. The summed E-state index contributed by atoms with van der Waals surface area (Å²) in [5.74, 6) is 0. The van der Waals surface area contributed by atoms with Crippen LogP contribution in [0.15, 0.2) is 0 Å². The minimum atomic E-state index is -3.48. The molecule has 1 heterocycles. The Morgan fingerprint density at radius 3 is 1.79 bits per heavy atom. The van der Waals surface area contributed by atoms with Gasteiger partial charge in [-0.05, 0) is 39.5 Å². The highest BCUT2D eigenvalue weighted by Gasteiger charge is 2.56. The smallest absolute Gasteiger partial charge is 0.264 e. The van der Waals surface area contributed by atoms with Crippen LogP contribution in [-0.4, -0.2) is 18.8 Å². The maximum Gasteiger partial charge on any atom is 0.273 e. The Labute approximate surface area is 87.0 Å². The molecule has 0 N–H and O–H groups in total. The summed E-state index contributed by atoms with van der Waals surface area (Å²) in [6.45, 7) is 11.1. The molecule has 0 atom stereocenters. The van der Waals surface area contributed by atoms with E-state index >= 15 is 0 Å². The van der Waals surface area contributed by atoms with Crippen LogP contribution in [0.2, 0.25) is 0 Å². The molecule has 1 aliphatic rings. The molecule has 0 aromatic carbocycles. The molecule has 84 valence electrons. The first-order valence-corrected chi connectivity index (χ1v) is 6.27. The Morgan fingerprint density at radius 1 is 1.00 bits per heavy atom. The summed E-state index contributed by atoms with van der Waals surface area (Å²) < 4.78 is 28.2. The van der Waals surface area contributed by atoms with Gasteiger partial charge < -0.3 is 0 Å². The van der Waals surface area contributed by atoms with E-state index in [0.29, 0.717) is 0 Å². The van der Waals surface area contributed by atoms with Crippen molar-refractivity contribution >= 4 is 10.1 Å². The molecule has 4 heteroatoms. The van der Waals surface area contributed by atoms with E-state index in [1.165, 1.54) is 0 Å². The van der Waals surface area contributed by atoms with E-state index in [4.69, 9.17) is 4.18 Å². The van der Waals surface area contributed by atoms with Gasteiger partial charge in [0, 0.05) is 0 Å². The molecule has 0 unspecified atom stereocenters. The molecule has 1 fully saturated rings. The van der Waals surface area contributed by atoms with E-state index in [-0.39, 0.29) is 5.41 Å². The van der Waals surface area contributed by atoms with Crippen molar-refractivity contribution in [2.24, 2.45) is 5.41 Å². The van der Waals surface area contributed by atoms with Crippen molar-refractivity contribution in [3.05, 3.63) is 0 Å². The van der Waals surface area contributed by atoms with Gasteiger partial charge >= 0.3 is 0 Å². The molecule has 0 aliphatic carbocycles. The molecule has 1 saturated heterocycles. The van der Waals surface area contributed by atoms with Crippen molar-refractivity contribution in [3.63, 3.8) is 0 Å². The third kappa shape index (κ3) is 1.58. The van der Waals surface area contributed by atoms with Crippen LogP contribution in [0.25, 0.3) is 0 Å². The van der Waals surface area contributed by atoms with Crippen LogP contribution < -0.4 is 0 Å². The largest absolute Gasteiger partial charge is 0.273 e. The molecule has 14 heavy (non-hydrogen) atoms. The average molecular weight is 220 g/mol. The zero-order valence-electron chi connectivity index (χ0n) is 9.84. The summed E-state index contributed by atoms with van der Waals surface area (Å²) in [7, 11) is -3.48. The molecule has 1 rings (SSSR count). The fourth-order valence-corrected chi connectivity index (χ4v) is 3.66. The minimum absolute atomic E-state index is 0.270. The molecule has 0 saturated carbocycles. The standard InChI is InChI=1S/C10H20O3S/c1-8(2)7-9(3,4)13-14(11,12)10(8,5)6/h7H2,1-6H3. The summed E-state index contributed by atoms with van der Waals surface area (Å²) in [6, 6.07) is 0. The van der Waals surface area contributed by atoms with E-state index in [9.17, 15) is 8.42 Å². The van der Waals surface area contributed by atoms with E-state index < -0.39 is 20.5 Å². The summed E-state index contributed by atoms with van der Waals surface area (Å²) in [5, 5.41) is 0. The maximum absolute atomic E-state index is 11.9. The fraction of sp³-hybridized carbons (Fsp3) is 1.00. The molecule has 0 spiro atoms. The SMILES string of the molecule is CC1(C)CC(C)(C)C(C)(C)S(=O)(=O)O1. The first-order valence-electron chi connectivity index (χ1n) is 4.87. The van der Waals surface area contributed by atoms with Gasteiger partial charge in [-0.1, -0.05) is 13.8 Å². The number of hydrogen-bond donors (Lipinski definition) is 0. The van der Waals surface area contributed by atoms with Crippen LogP contribution >= 0.6 is 0 Å². The average Bonchev–Trinajstić information content (AvgIpc) is 1.77. The summed E-state index contributed by atoms with van der Waals surface area (Å²) in [5.41, 5.74) is -0.856. The fourth-order valence-electron chi connectivity index (χ4n) is 2.05. The molecule has 0 aromatic heterocycles. The molecular weight excluding hydrogens is 200 g/mol. The van der Waals surface area contributed by atoms with Crippen molar-refractivity contribution in [2.75, 3.05) is 0 Å². The van der Waals surface area contributed by atoms with Crippen molar-refractivity contribution in [1.82, 2.24) is 0 Å². The normalized spacial score (nSPS) is 32.4. The van der Waals surface area contributed by atoms with Crippen LogP contribution in [-0.2, 0) is 14.3 Å². The van der Waals surface area contributed by atoms with Crippen LogP contribution in [0.3, 0.4) is 0 Å². The molecule has 0 aromatic rings. The second kappa shape index (κ2) is 2.73. The van der Waals surface area contributed by atoms with Crippen molar-refractivity contribution in [1.29, 1.82) is 0 Å². The van der Waals surface area contributed by atoms with Crippen molar-refractivity contribution in [2.45, 2.75) is 58.3 Å². The lowest BCUT2D eigenvalue weighted by Crippen LogP contribution is -2.56. The second-order valence-electron chi connectivity index (χ2n) is 5.87. The summed E-state index contributed by atoms with van der Waals surface area (Å²) in [6.07, 6.45) is 0.742. The van der Waals surface area contributed by atoms with Gasteiger partial charge in [0.2, 0.25) is 0 Å². The van der Waals surface area contributed by atoms with Crippen molar-refractivity contribution < 1.29 is 12.6 Å². The third-order valence-electron chi connectivity index (χ3n) is 3.46. The molecule has 0 radical (unpaired) electrons. The highest BCUT2D eigenvalue weighted by Crippen LogP contribution is 2.49. The zero-order valence-corrected chi connectivity index (χ0v) is 10.7. The van der Waals surface area contributed by atoms with Crippen LogP contribution in [0.4, 0.5) is 0 Å². The van der Waals surface area contributed by atoms with E-state index in [2.05, 4.69) is 0 Å². The number of rotatable bonds is 0. The Balaban J connectivity index is 3.28. The predicted molar refractivity (Wildman–Crippen MR) is 56.6 cm³/mol. The van der Waals surface area contributed by atoms with Gasteiger partial charge in [-0.25, -0.2) is 0 Å². The van der Waals surface area contributed by atoms with Crippen molar-refractivity contribution in [3.8, 4) is 0 Å². The molecule has 1 aliphatic heterocycles. The first-order chi connectivity index (χ1) is 5.91. The van der Waals surface area contributed by atoms with E-state index in [1.807, 2.05) is 27.7 Å². The molecule has 0 bridgehead atoms. The van der Waals surface area contributed by atoms with Gasteiger partial charge in [0.15, 0.2) is 0 Å². The lowest BCUT2D eigenvalue weighted by Gasteiger charge is -2.49. The number of hydrogen-bond acceptors (Lipinski definition) is 3. The van der Waals surface area contributed by atoms with Gasteiger partial charge in [-0.2, -0.15) is 8.42 Å². The van der Waals surface area contributed by atoms with Gasteiger partial charge in [0.05, 0.1) is 10.3 Å². The lowest BCUT2D eigenvalue weighted by molar-refractivity contribution is 0.0115. The first kappa shape index (κ1) is 12.0. The topological polar surface area (TPSA) is 43.4 Å². The Morgan fingerprint density at radius 2 is 1.43 bits per heavy atom. The third-order valence-corrected chi connectivity index (χ3v) is 5.93. The maximum atomic E-state index is 11.9. The Kier molecular flexibility index (Phi) is 2.33. The second-order valence-corrected chi connectivity index (χ2v) is 7.96. The minimum Gasteiger partial charge on any atom is -0.264 e. The predicted octanol–water partition coefficient (Wildman–Crippen LogP) is 2.32.